The van der Waals surface area contributed by atoms with E-state index in [0.717, 1.165) is 54.6 Å². The van der Waals surface area contributed by atoms with Crippen LogP contribution in [0, 0.1) is 5.92 Å². The van der Waals surface area contributed by atoms with Crippen LogP contribution in [0.2, 0.25) is 0 Å². The molecule has 48 heavy (non-hydrogen) atoms. The second kappa shape index (κ2) is 12.9. The second-order valence-electron chi connectivity index (χ2n) is 14.4. The zero-order chi connectivity index (χ0) is 32.9. The smallest absolute Gasteiger partial charge is 0.259 e. The molecule has 10 heteroatoms. The van der Waals surface area contributed by atoms with Gasteiger partial charge in [0.25, 0.3) is 5.91 Å². The van der Waals surface area contributed by atoms with Gasteiger partial charge < -0.3 is 34.5 Å². The number of H-pyrrole nitrogens is 1. The summed E-state index contributed by atoms with van der Waals surface area (Å²) < 4.78 is 28.7. The highest BCUT2D eigenvalue weighted by Crippen LogP contribution is 2.48. The number of hydrogen-bond donors (Lipinski definition) is 2. The Balaban J connectivity index is 1.07. The normalized spacial score (nSPS) is 32.1. The lowest BCUT2D eigenvalue weighted by Crippen LogP contribution is -2.73. The summed E-state index contributed by atoms with van der Waals surface area (Å²) in [6.07, 6.45) is 5.46. The minimum absolute atomic E-state index is 0.00843. The number of alkyl halides is 1. The first-order valence-corrected chi connectivity index (χ1v) is 17.6. The first kappa shape index (κ1) is 31.5. The lowest BCUT2D eigenvalue weighted by molar-refractivity contribution is -0.198. The van der Waals surface area contributed by atoms with Crippen molar-refractivity contribution >= 4 is 22.6 Å². The number of carbonyl (C=O) groups is 2. The van der Waals surface area contributed by atoms with Gasteiger partial charge in [-0.2, -0.15) is 0 Å². The fraction of sp³-hybridized carbons (Fsp3) is 0.526. The molecule has 8 atom stereocenters. The summed E-state index contributed by atoms with van der Waals surface area (Å²) in [5.74, 6) is 0.0870. The van der Waals surface area contributed by atoms with Crippen LogP contribution in [-0.4, -0.2) is 115 Å². The molecule has 4 heterocycles. The van der Waals surface area contributed by atoms with Crippen molar-refractivity contribution in [2.24, 2.45) is 5.92 Å². The van der Waals surface area contributed by atoms with E-state index in [0.29, 0.717) is 32.0 Å². The van der Waals surface area contributed by atoms with Crippen LogP contribution >= 0.6 is 0 Å². The van der Waals surface area contributed by atoms with E-state index in [1.54, 1.807) is 12.0 Å². The Morgan fingerprint density at radius 1 is 1.08 bits per heavy atom. The Morgan fingerprint density at radius 3 is 2.69 bits per heavy atom. The molecule has 0 spiro atoms. The third-order valence-corrected chi connectivity index (χ3v) is 11.7. The Labute approximate surface area is 281 Å². The number of Topliss-reactive ketones (excluding diaryl/α,β-unsaturated/α-hetero) is 1. The average Bonchev–Trinajstić information content (AvgIpc) is 3.52. The van der Waals surface area contributed by atoms with Crippen LogP contribution in [0.1, 0.15) is 42.7 Å². The van der Waals surface area contributed by atoms with Gasteiger partial charge in [0, 0.05) is 55.4 Å². The van der Waals surface area contributed by atoms with Gasteiger partial charge >= 0.3 is 0 Å². The number of aromatic nitrogens is 1. The van der Waals surface area contributed by atoms with E-state index >= 15 is 4.39 Å². The van der Waals surface area contributed by atoms with E-state index in [2.05, 4.69) is 44.4 Å². The van der Waals surface area contributed by atoms with Crippen molar-refractivity contribution in [2.45, 2.75) is 74.5 Å². The molecule has 0 radical (unpaired) electrons. The van der Waals surface area contributed by atoms with Crippen LogP contribution in [0.4, 0.5) is 4.39 Å². The number of methoxy groups -OCH3 is 1. The predicted molar refractivity (Wildman–Crippen MR) is 182 cm³/mol. The summed E-state index contributed by atoms with van der Waals surface area (Å²) in [6, 6.07) is 15.7. The second-order valence-corrected chi connectivity index (χ2v) is 14.4. The van der Waals surface area contributed by atoms with Gasteiger partial charge in [-0.05, 0) is 80.9 Å². The van der Waals surface area contributed by atoms with E-state index in [-0.39, 0.29) is 41.9 Å². The number of fused-ring (bicyclic) bond motifs is 3. The number of nitrogens with zero attached hydrogens (tertiary/aromatic N) is 3. The standard InChI is InChI=1S/C38H46FN5O4/c1-42-14-16-43(17-15-42)38(46)29-22-44-32-18-24(23-6-4-3-5-7-23)8-11-33(32)48-37-34(30(39)20-28(35(37)44)36(29)45)40-13-12-25-21-41-31-10-9-26(47-2)19-27(25)31/h3-7,9-10,19,21-22,24,28,30,32-35,37,40-41H,8,11-18,20H2,1-2H3. The molecule has 3 aliphatic heterocycles. The number of carbonyl (C=O) groups excluding carboxylic acids is 2. The molecule has 9 nitrogen and oxygen atoms in total. The molecule has 2 aromatic carbocycles. The molecule has 8 unspecified atom stereocenters. The number of hydrogen-bond acceptors (Lipinski definition) is 7. The number of halogens is 1. The van der Waals surface area contributed by atoms with Gasteiger partial charge in [0.2, 0.25) is 0 Å². The first-order chi connectivity index (χ1) is 23.4. The maximum atomic E-state index is 16.4. The Kier molecular flexibility index (Phi) is 8.51. The van der Waals surface area contributed by atoms with Crippen molar-refractivity contribution in [2.75, 3.05) is 46.9 Å². The minimum atomic E-state index is -1.28. The number of nitrogens with one attached hydrogen (secondary N) is 2. The minimum Gasteiger partial charge on any atom is -0.497 e. The summed E-state index contributed by atoms with van der Waals surface area (Å²) in [4.78, 5) is 37.7. The third-order valence-electron chi connectivity index (χ3n) is 11.7. The van der Waals surface area contributed by atoms with E-state index < -0.39 is 24.2 Å². The highest BCUT2D eigenvalue weighted by molar-refractivity contribution is 6.20. The zero-order valence-electron chi connectivity index (χ0n) is 27.8. The van der Waals surface area contributed by atoms with Crippen molar-refractivity contribution in [3.63, 3.8) is 0 Å². The van der Waals surface area contributed by atoms with Crippen LogP contribution < -0.4 is 10.1 Å². The van der Waals surface area contributed by atoms with Crippen LogP contribution in [-0.2, 0) is 20.7 Å². The summed E-state index contributed by atoms with van der Waals surface area (Å²) in [5.41, 5.74) is 3.69. The SMILES string of the molecule is COc1ccc2[nH]cc(CCNC3C(F)CC4C(=O)C(C(=O)N5CCN(C)CC5)=CN5C6CC(c7ccccc7)CCC6OC3C45)c2c1. The number of aromatic amines is 1. The molecular formula is C38H46FN5O4. The Hall–Kier alpha value is -3.73. The van der Waals surface area contributed by atoms with Crippen LogP contribution in [0.15, 0.2) is 66.5 Å². The van der Waals surface area contributed by atoms with Crippen LogP contribution in [0.5, 0.6) is 5.75 Å². The molecule has 4 fully saturated rings. The first-order valence-electron chi connectivity index (χ1n) is 17.6. The lowest BCUT2D eigenvalue weighted by atomic mass is 9.68. The molecule has 3 aromatic rings. The van der Waals surface area contributed by atoms with Crippen molar-refractivity contribution in [3.05, 3.63) is 77.6 Å². The number of benzene rings is 2. The van der Waals surface area contributed by atoms with Crippen molar-refractivity contribution in [1.29, 1.82) is 0 Å². The molecule has 8 rings (SSSR count). The summed E-state index contributed by atoms with van der Waals surface area (Å²) in [7, 11) is 3.71. The van der Waals surface area contributed by atoms with Crippen molar-refractivity contribution in [3.8, 4) is 5.75 Å². The van der Waals surface area contributed by atoms with Gasteiger partial charge in [-0.25, -0.2) is 4.39 Å². The summed E-state index contributed by atoms with van der Waals surface area (Å²) in [5, 5.41) is 4.64. The largest absolute Gasteiger partial charge is 0.497 e. The summed E-state index contributed by atoms with van der Waals surface area (Å²) >= 11 is 0. The fourth-order valence-electron chi connectivity index (χ4n) is 9.07. The highest BCUT2D eigenvalue weighted by Gasteiger charge is 2.59. The molecule has 0 bridgehead atoms. The molecule has 1 amide bonds. The number of amides is 1. The lowest BCUT2D eigenvalue weighted by Gasteiger charge is -2.60. The molecule has 2 N–H and O–H groups in total. The molecule has 254 valence electrons. The van der Waals surface area contributed by atoms with Crippen LogP contribution in [0.25, 0.3) is 10.9 Å². The number of ether oxygens (including phenoxy) is 2. The van der Waals surface area contributed by atoms with Crippen LogP contribution in [0.3, 0.4) is 0 Å². The molecule has 5 aliphatic rings. The molecule has 2 saturated carbocycles. The van der Waals surface area contributed by atoms with Crippen molar-refractivity contribution < 1.29 is 23.5 Å². The van der Waals surface area contributed by atoms with E-state index in [1.807, 2.05) is 43.7 Å². The average molecular weight is 656 g/mol. The number of rotatable bonds is 7. The van der Waals surface area contributed by atoms with Gasteiger partial charge in [-0.1, -0.05) is 30.3 Å². The maximum absolute atomic E-state index is 16.4. The topological polar surface area (TPSA) is 90.1 Å². The predicted octanol–water partition coefficient (Wildman–Crippen LogP) is 4.05. The van der Waals surface area contributed by atoms with Gasteiger partial charge in [0.15, 0.2) is 5.78 Å². The Morgan fingerprint density at radius 2 is 1.90 bits per heavy atom. The molecular weight excluding hydrogens is 609 g/mol. The molecule has 1 aromatic heterocycles. The van der Waals surface area contributed by atoms with E-state index in [1.165, 1.54) is 5.56 Å². The third kappa shape index (κ3) is 5.61. The van der Waals surface area contributed by atoms with E-state index in [4.69, 9.17) is 9.47 Å². The fourth-order valence-corrected chi connectivity index (χ4v) is 9.07. The maximum Gasteiger partial charge on any atom is 0.259 e. The number of ketones is 1. The van der Waals surface area contributed by atoms with E-state index in [9.17, 15) is 9.59 Å². The van der Waals surface area contributed by atoms with Gasteiger partial charge in [-0.3, -0.25) is 9.59 Å². The molecule has 2 aliphatic carbocycles. The van der Waals surface area contributed by atoms with Gasteiger partial charge in [0.05, 0.1) is 43.0 Å². The quantitative estimate of drug-likeness (QED) is 0.372. The zero-order valence-corrected chi connectivity index (χ0v) is 27.8. The summed E-state index contributed by atoms with van der Waals surface area (Å²) in [6.45, 7) is 3.28. The number of likely N-dealkylation sites (N-methyl/N-ethyl adjacent to an activating group) is 1. The van der Waals surface area contributed by atoms with Gasteiger partial charge in [0.1, 0.15) is 11.9 Å². The highest BCUT2D eigenvalue weighted by atomic mass is 19.1. The monoisotopic (exact) mass is 655 g/mol. The molecule has 2 saturated heterocycles. The Bertz CT molecular complexity index is 1690. The van der Waals surface area contributed by atoms with Crippen molar-refractivity contribution in [1.82, 2.24) is 25.0 Å². The van der Waals surface area contributed by atoms with Gasteiger partial charge in [-0.15, -0.1) is 0 Å². The number of morpholine rings is 1. The number of piperazine rings is 1.